The maximum absolute atomic E-state index is 13.3. The van der Waals surface area contributed by atoms with E-state index in [9.17, 15) is 33.6 Å². The van der Waals surface area contributed by atoms with Gasteiger partial charge < -0.3 is 35.3 Å². The van der Waals surface area contributed by atoms with Crippen LogP contribution in [-0.2, 0) is 47.1 Å². The van der Waals surface area contributed by atoms with E-state index in [-0.39, 0.29) is 72.2 Å². The van der Waals surface area contributed by atoms with Crippen LogP contribution in [0, 0.1) is 25.1 Å². The van der Waals surface area contributed by atoms with Gasteiger partial charge in [0, 0.05) is 24.1 Å². The van der Waals surface area contributed by atoms with Crippen LogP contribution in [0.1, 0.15) is 63.2 Å². The van der Waals surface area contributed by atoms with Crippen LogP contribution in [0.25, 0.3) is 11.2 Å². The molecule has 0 fully saturated rings. The molecule has 5 rings (SSSR count). The third-order valence-corrected chi connectivity index (χ3v) is 9.74. The van der Waals surface area contributed by atoms with Gasteiger partial charge in [-0.3, -0.25) is 28.7 Å². The number of benzene rings is 3. The molecule has 0 unspecified atom stereocenters. The molecular weight excluding hydrogens is 797 g/mol. The number of ether oxygens (including phenoxy) is 1. The van der Waals surface area contributed by atoms with E-state index >= 15 is 0 Å². The maximum Gasteiger partial charge on any atom is 0.604 e. The highest BCUT2D eigenvalue weighted by molar-refractivity contribution is 7.48. The summed E-state index contributed by atoms with van der Waals surface area (Å²) < 4.78 is 31.7. The Morgan fingerprint density at radius 3 is 2.33 bits per heavy atom. The minimum absolute atomic E-state index is 0.0159. The zero-order valence-corrected chi connectivity index (χ0v) is 32.7. The largest absolute Gasteiger partial charge is 0.604 e. The molecule has 0 saturated carbocycles. The zero-order valence-electron chi connectivity index (χ0n) is 31.8. The highest BCUT2D eigenvalue weighted by Crippen LogP contribution is 2.48. The number of H-pyrrole nitrogens is 1. The summed E-state index contributed by atoms with van der Waals surface area (Å²) in [6.07, 6.45) is 16.1. The van der Waals surface area contributed by atoms with E-state index in [1.54, 1.807) is 36.5 Å². The Labute approximate surface area is 342 Å². The first-order valence-corrected chi connectivity index (χ1v) is 19.6. The summed E-state index contributed by atoms with van der Waals surface area (Å²) in [7, 11) is -4.01. The number of anilines is 2. The van der Waals surface area contributed by atoms with Crippen LogP contribution >= 0.6 is 7.82 Å². The van der Waals surface area contributed by atoms with Crippen molar-refractivity contribution in [3.63, 3.8) is 0 Å². The lowest BCUT2D eigenvalue weighted by molar-refractivity contribution is -0.140. The Hall–Kier alpha value is -7.53. The summed E-state index contributed by atoms with van der Waals surface area (Å²) in [4.78, 5) is 77.9. The van der Waals surface area contributed by atoms with Crippen molar-refractivity contribution in [1.82, 2.24) is 25.3 Å². The van der Waals surface area contributed by atoms with Crippen molar-refractivity contribution >= 4 is 54.3 Å². The van der Waals surface area contributed by atoms with Crippen molar-refractivity contribution < 1.29 is 47.2 Å². The number of phosphoric ester groups is 1. The van der Waals surface area contributed by atoms with Gasteiger partial charge in [0.25, 0.3) is 11.5 Å². The lowest BCUT2D eigenvalue weighted by Crippen LogP contribution is -2.41. The molecule has 6 N–H and O–H groups in total. The molecule has 1 amide bonds. The highest BCUT2D eigenvalue weighted by atomic mass is 31.2. The molecule has 18 nitrogen and oxygen atoms in total. The number of carboxylic acid groups (broad SMARTS) is 1. The van der Waals surface area contributed by atoms with Gasteiger partial charge in [0.2, 0.25) is 5.95 Å². The van der Waals surface area contributed by atoms with Gasteiger partial charge in [0.15, 0.2) is 16.9 Å². The molecule has 308 valence electrons. The van der Waals surface area contributed by atoms with Gasteiger partial charge in [0.1, 0.15) is 24.0 Å². The SMILES string of the molecule is C#COP(=O)(OC#C)OCCCCc1ccc(CC(=O)c2ccccc2OC(=O)CC[C@H](NC(=O)c2ccc(NCc3cnc4nc(N)[nH]c(=O)c4n3)cc2)C(=O)O)cc1. The van der Waals surface area contributed by atoms with Gasteiger partial charge in [-0.25, -0.2) is 19.3 Å². The van der Waals surface area contributed by atoms with Crippen molar-refractivity contribution in [2.75, 3.05) is 17.7 Å². The number of amides is 1. The number of para-hydroxylation sites is 1. The molecule has 5 aromatic rings. The predicted octanol–water partition coefficient (Wildman–Crippen LogP) is 4.56. The number of carboxylic acids is 1. The van der Waals surface area contributed by atoms with E-state index in [2.05, 4.69) is 39.6 Å². The number of aryl methyl sites for hydroxylation is 1. The summed E-state index contributed by atoms with van der Waals surface area (Å²) in [6, 6.07) is 18.3. The van der Waals surface area contributed by atoms with E-state index in [0.717, 1.165) is 11.1 Å². The molecule has 0 aliphatic carbocycles. The molecule has 0 aliphatic heterocycles. The molecule has 0 radical (unpaired) electrons. The van der Waals surface area contributed by atoms with Gasteiger partial charge in [-0.15, -0.1) is 0 Å². The molecule has 19 heteroatoms. The van der Waals surface area contributed by atoms with Crippen molar-refractivity contribution in [2.45, 2.75) is 51.1 Å². The molecule has 0 aliphatic rings. The number of rotatable bonds is 21. The first-order chi connectivity index (χ1) is 28.9. The zero-order chi connectivity index (χ0) is 43.1. The third-order valence-electron chi connectivity index (χ3n) is 8.58. The Balaban J connectivity index is 1.07. The number of aromatic nitrogens is 4. The Morgan fingerprint density at radius 1 is 0.933 bits per heavy atom. The number of ketones is 1. The molecule has 0 saturated heterocycles. The highest BCUT2D eigenvalue weighted by Gasteiger charge is 2.28. The van der Waals surface area contributed by atoms with Crippen LogP contribution in [0.5, 0.6) is 5.75 Å². The lowest BCUT2D eigenvalue weighted by Gasteiger charge is -2.15. The number of nitrogen functional groups attached to an aromatic ring is 1. The number of aromatic amines is 1. The first-order valence-electron chi connectivity index (χ1n) is 18.2. The number of unbranched alkanes of at least 4 members (excludes halogenated alkanes) is 1. The van der Waals surface area contributed by atoms with Crippen molar-refractivity contribution in [2.24, 2.45) is 0 Å². The number of terminal acetylenes is 2. The average molecular weight is 836 g/mol. The molecule has 0 bridgehead atoms. The topological polar surface area (TPSA) is 264 Å². The van der Waals surface area contributed by atoms with Crippen LogP contribution < -0.4 is 26.7 Å². The molecular formula is C41H38N7O11P. The van der Waals surface area contributed by atoms with E-state index in [1.165, 1.54) is 30.5 Å². The number of nitrogens with two attached hydrogens (primary N) is 1. The number of hydrogen-bond donors (Lipinski definition) is 5. The van der Waals surface area contributed by atoms with Crippen LogP contribution in [0.2, 0.25) is 0 Å². The van der Waals surface area contributed by atoms with Crippen LogP contribution in [0.15, 0.2) is 83.8 Å². The van der Waals surface area contributed by atoms with E-state index in [1.807, 2.05) is 24.3 Å². The van der Waals surface area contributed by atoms with Crippen LogP contribution in [0.3, 0.4) is 0 Å². The van der Waals surface area contributed by atoms with Gasteiger partial charge in [0.05, 0.1) is 30.6 Å². The summed E-state index contributed by atoms with van der Waals surface area (Å²) in [5.41, 5.74) is 8.23. The number of fused-ring (bicyclic) bond motifs is 1. The summed E-state index contributed by atoms with van der Waals surface area (Å²) in [6.45, 7) is 0.228. The Kier molecular flexibility index (Phi) is 15.1. The van der Waals surface area contributed by atoms with Crippen molar-refractivity contribution in [3.8, 4) is 30.8 Å². The predicted molar refractivity (Wildman–Crippen MR) is 217 cm³/mol. The smallest absolute Gasteiger partial charge is 0.480 e. The fraction of sp³-hybridized carbons (Fsp3) is 0.220. The van der Waals surface area contributed by atoms with Gasteiger partial charge in [-0.05, 0) is 73.2 Å². The lowest BCUT2D eigenvalue weighted by atomic mass is 10.00. The first kappa shape index (κ1) is 43.6. The third kappa shape index (κ3) is 12.5. The average Bonchev–Trinajstić information content (AvgIpc) is 3.22. The number of phosphoric acid groups is 1. The summed E-state index contributed by atoms with van der Waals surface area (Å²) in [5.74, 6) is -3.19. The maximum atomic E-state index is 13.3. The Morgan fingerprint density at radius 2 is 1.63 bits per heavy atom. The van der Waals surface area contributed by atoms with Crippen molar-refractivity contribution in [1.29, 1.82) is 0 Å². The van der Waals surface area contributed by atoms with Crippen molar-refractivity contribution in [3.05, 3.63) is 117 Å². The van der Waals surface area contributed by atoms with Gasteiger partial charge in [-0.1, -0.05) is 49.2 Å². The number of hydrogen-bond acceptors (Lipinski definition) is 15. The quantitative estimate of drug-likeness (QED) is 0.0169. The molecule has 60 heavy (non-hydrogen) atoms. The van der Waals surface area contributed by atoms with E-state index < -0.39 is 37.3 Å². The van der Waals surface area contributed by atoms with Crippen LogP contribution in [-0.4, -0.2) is 61.3 Å². The molecule has 1 atom stereocenters. The second-order valence-electron chi connectivity index (χ2n) is 12.9. The molecule has 2 aromatic heterocycles. The fourth-order valence-electron chi connectivity index (χ4n) is 5.62. The monoisotopic (exact) mass is 835 g/mol. The summed E-state index contributed by atoms with van der Waals surface area (Å²) >= 11 is 0. The standard InChI is InChI=1S/C41H38N7O11P/c1-3-56-60(55,57-4-2)58-22-8-7-9-26-12-14-27(15-13-26)23-33(49)31-10-5-6-11-34(31)59-35(50)21-20-32(40(53)54)46-38(51)28-16-18-29(19-17-28)43-24-30-25-44-37-36(45-30)39(52)48-41(42)47-37/h1-2,5-6,10-19,25,32,43H,7-9,20-24H2,(H,46,51)(H,53,54)(H3,42,44,47,48,52)/t32-/m0/s1. The van der Waals surface area contributed by atoms with Gasteiger partial charge >= 0.3 is 19.8 Å². The molecule has 2 heterocycles. The number of nitrogens with zero attached hydrogens (tertiary/aromatic N) is 3. The fourth-order valence-corrected chi connectivity index (χ4v) is 6.38. The van der Waals surface area contributed by atoms with Crippen LogP contribution in [0.4, 0.5) is 11.6 Å². The molecule has 3 aromatic carbocycles. The Bertz CT molecular complexity index is 2530. The minimum Gasteiger partial charge on any atom is -0.480 e. The number of Topliss-reactive ketones (excluding diaryl/α,β-unsaturated/α-hetero) is 1. The van der Waals surface area contributed by atoms with E-state index in [0.29, 0.717) is 30.6 Å². The normalized spacial score (nSPS) is 11.4. The number of carbonyl (C=O) groups excluding carboxylic acids is 3. The molecule has 0 spiro atoms. The number of esters is 1. The number of carbonyl (C=O) groups is 4. The second-order valence-corrected chi connectivity index (χ2v) is 14.4. The minimum atomic E-state index is -4.01. The van der Waals surface area contributed by atoms with E-state index in [4.69, 9.17) is 27.8 Å². The van der Waals surface area contributed by atoms with Gasteiger partial charge in [-0.2, -0.15) is 4.98 Å². The number of nitrogens with one attached hydrogen (secondary N) is 3. The number of aliphatic carboxylic acids is 1. The second kappa shape index (κ2) is 20.8. The summed E-state index contributed by atoms with van der Waals surface area (Å²) in [5, 5.41) is 15.3.